The molecule has 3 rings (SSSR count). The molecule has 0 unspecified atom stereocenters. The molecule has 0 bridgehead atoms. The summed E-state index contributed by atoms with van der Waals surface area (Å²) in [5.41, 5.74) is 2.80. The van der Waals surface area contributed by atoms with Crippen molar-refractivity contribution in [2.75, 3.05) is 13.1 Å². The Bertz CT molecular complexity index is 447. The molecule has 116 valence electrons. The number of carbonyl (C=O) groups is 1. The van der Waals surface area contributed by atoms with E-state index in [4.69, 9.17) is 0 Å². The first-order valence-corrected chi connectivity index (χ1v) is 7.88. The highest BCUT2D eigenvalue weighted by Crippen LogP contribution is 2.22. The van der Waals surface area contributed by atoms with Crippen molar-refractivity contribution in [2.45, 2.75) is 44.6 Å². The summed E-state index contributed by atoms with van der Waals surface area (Å²) in [4.78, 5) is 12.1. The predicted octanol–water partition coefficient (Wildman–Crippen LogP) is 2.47. The van der Waals surface area contributed by atoms with Gasteiger partial charge in [-0.1, -0.05) is 24.3 Å². The zero-order chi connectivity index (χ0) is 13.8. The molecule has 0 atom stereocenters. The molecular formula is C17H25ClN2O. The van der Waals surface area contributed by atoms with Crippen LogP contribution < -0.4 is 10.6 Å². The van der Waals surface area contributed by atoms with Gasteiger partial charge in [0.1, 0.15) is 0 Å². The maximum Gasteiger partial charge on any atom is 0.220 e. The maximum absolute atomic E-state index is 12.1. The number of carbonyl (C=O) groups excluding carboxylic acids is 1. The fourth-order valence-corrected chi connectivity index (χ4v) is 3.47. The second-order valence-corrected chi connectivity index (χ2v) is 6.17. The highest BCUT2D eigenvalue weighted by molar-refractivity contribution is 5.85. The monoisotopic (exact) mass is 308 g/mol. The van der Waals surface area contributed by atoms with Crippen LogP contribution in [-0.2, 0) is 17.6 Å². The van der Waals surface area contributed by atoms with Crippen LogP contribution in [-0.4, -0.2) is 25.0 Å². The second kappa shape index (κ2) is 7.81. The van der Waals surface area contributed by atoms with Crippen LogP contribution in [0.25, 0.3) is 0 Å². The lowest BCUT2D eigenvalue weighted by atomic mass is 9.93. The minimum atomic E-state index is 0. The van der Waals surface area contributed by atoms with Crippen molar-refractivity contribution in [2.24, 2.45) is 5.92 Å². The molecule has 3 nitrogen and oxygen atoms in total. The number of fused-ring (bicyclic) bond motifs is 1. The average molecular weight is 309 g/mol. The van der Waals surface area contributed by atoms with Crippen LogP contribution in [0.15, 0.2) is 24.3 Å². The summed E-state index contributed by atoms with van der Waals surface area (Å²) in [6.07, 6.45) is 6.18. The fraction of sp³-hybridized carbons (Fsp3) is 0.588. The van der Waals surface area contributed by atoms with Gasteiger partial charge in [-0.3, -0.25) is 4.79 Å². The molecule has 1 heterocycles. The van der Waals surface area contributed by atoms with Gasteiger partial charge < -0.3 is 10.6 Å². The molecule has 0 spiro atoms. The number of piperidine rings is 1. The molecule has 1 aliphatic carbocycles. The Balaban J connectivity index is 0.00000161. The Hall–Kier alpha value is -1.06. The van der Waals surface area contributed by atoms with E-state index in [-0.39, 0.29) is 18.3 Å². The SMILES string of the molecule is Cl.O=C(CCC1CCNCC1)NC1Cc2ccccc2C1. The third kappa shape index (κ3) is 4.45. The average Bonchev–Trinajstić information content (AvgIpc) is 2.88. The zero-order valence-electron chi connectivity index (χ0n) is 12.4. The highest BCUT2D eigenvalue weighted by atomic mass is 35.5. The van der Waals surface area contributed by atoms with E-state index < -0.39 is 0 Å². The number of nitrogens with one attached hydrogen (secondary N) is 2. The normalized spacial score (nSPS) is 18.9. The molecule has 2 aliphatic rings. The summed E-state index contributed by atoms with van der Waals surface area (Å²) < 4.78 is 0. The molecule has 1 aromatic rings. The van der Waals surface area contributed by atoms with Gasteiger partial charge in [0.15, 0.2) is 0 Å². The van der Waals surface area contributed by atoms with E-state index in [1.807, 2.05) is 0 Å². The van der Waals surface area contributed by atoms with Crippen molar-refractivity contribution >= 4 is 18.3 Å². The molecule has 0 radical (unpaired) electrons. The Morgan fingerprint density at radius 2 is 1.76 bits per heavy atom. The van der Waals surface area contributed by atoms with E-state index in [0.29, 0.717) is 12.5 Å². The summed E-state index contributed by atoms with van der Waals surface area (Å²) in [6.45, 7) is 2.23. The van der Waals surface area contributed by atoms with Crippen molar-refractivity contribution in [1.82, 2.24) is 10.6 Å². The molecule has 1 aromatic carbocycles. The number of rotatable bonds is 4. The lowest BCUT2D eigenvalue weighted by Gasteiger charge is -2.22. The number of halogens is 1. The van der Waals surface area contributed by atoms with Gasteiger partial charge >= 0.3 is 0 Å². The first-order chi connectivity index (χ1) is 9.81. The molecule has 0 saturated carbocycles. The van der Waals surface area contributed by atoms with Gasteiger partial charge in [0, 0.05) is 12.5 Å². The molecule has 21 heavy (non-hydrogen) atoms. The van der Waals surface area contributed by atoms with Crippen LogP contribution in [0.1, 0.15) is 36.8 Å². The Morgan fingerprint density at radius 1 is 1.14 bits per heavy atom. The van der Waals surface area contributed by atoms with E-state index in [9.17, 15) is 4.79 Å². The molecule has 1 saturated heterocycles. The minimum Gasteiger partial charge on any atom is -0.353 e. The van der Waals surface area contributed by atoms with E-state index in [1.54, 1.807) is 0 Å². The van der Waals surface area contributed by atoms with Crippen molar-refractivity contribution in [3.8, 4) is 0 Å². The van der Waals surface area contributed by atoms with Crippen LogP contribution in [0.3, 0.4) is 0 Å². The number of benzene rings is 1. The lowest BCUT2D eigenvalue weighted by Crippen LogP contribution is -2.36. The van der Waals surface area contributed by atoms with Gasteiger partial charge in [-0.2, -0.15) is 0 Å². The molecule has 1 aliphatic heterocycles. The first-order valence-electron chi connectivity index (χ1n) is 7.88. The highest BCUT2D eigenvalue weighted by Gasteiger charge is 2.22. The van der Waals surface area contributed by atoms with Crippen LogP contribution >= 0.6 is 12.4 Å². The van der Waals surface area contributed by atoms with Crippen molar-refractivity contribution in [1.29, 1.82) is 0 Å². The van der Waals surface area contributed by atoms with Gasteiger partial charge in [-0.15, -0.1) is 12.4 Å². The Kier molecular flexibility index (Phi) is 6.07. The number of amides is 1. The van der Waals surface area contributed by atoms with Crippen molar-refractivity contribution < 1.29 is 4.79 Å². The molecule has 0 aromatic heterocycles. The van der Waals surface area contributed by atoms with E-state index >= 15 is 0 Å². The van der Waals surface area contributed by atoms with Gasteiger partial charge in [0.2, 0.25) is 5.91 Å². The zero-order valence-corrected chi connectivity index (χ0v) is 13.3. The smallest absolute Gasteiger partial charge is 0.220 e. The lowest BCUT2D eigenvalue weighted by molar-refractivity contribution is -0.122. The van der Waals surface area contributed by atoms with E-state index in [0.717, 1.165) is 38.3 Å². The van der Waals surface area contributed by atoms with E-state index in [2.05, 4.69) is 34.9 Å². The minimum absolute atomic E-state index is 0. The van der Waals surface area contributed by atoms with Crippen LogP contribution in [0.2, 0.25) is 0 Å². The third-order valence-electron chi connectivity index (χ3n) is 4.65. The molecule has 1 amide bonds. The van der Waals surface area contributed by atoms with Gasteiger partial charge in [0.05, 0.1) is 0 Å². The molecule has 2 N–H and O–H groups in total. The number of hydrogen-bond acceptors (Lipinski definition) is 2. The summed E-state index contributed by atoms with van der Waals surface area (Å²) in [5.74, 6) is 0.976. The Labute approximate surface area is 133 Å². The fourth-order valence-electron chi connectivity index (χ4n) is 3.47. The summed E-state index contributed by atoms with van der Waals surface area (Å²) >= 11 is 0. The second-order valence-electron chi connectivity index (χ2n) is 6.17. The standard InChI is InChI=1S/C17H24N2O.ClH/c20-17(6-5-13-7-9-18-10-8-13)19-16-11-14-3-1-2-4-15(14)12-16;/h1-4,13,16,18H,5-12H2,(H,19,20);1H. The largest absolute Gasteiger partial charge is 0.353 e. The maximum atomic E-state index is 12.1. The topological polar surface area (TPSA) is 41.1 Å². The van der Waals surface area contributed by atoms with Crippen LogP contribution in [0.4, 0.5) is 0 Å². The molecule has 1 fully saturated rings. The summed E-state index contributed by atoms with van der Waals surface area (Å²) in [5, 5.41) is 6.58. The molecular weight excluding hydrogens is 284 g/mol. The summed E-state index contributed by atoms with van der Waals surface area (Å²) in [6, 6.07) is 8.83. The van der Waals surface area contributed by atoms with Crippen LogP contribution in [0.5, 0.6) is 0 Å². The van der Waals surface area contributed by atoms with Crippen LogP contribution in [0, 0.1) is 5.92 Å². The first kappa shape index (κ1) is 16.3. The predicted molar refractivity (Wildman–Crippen MR) is 87.9 cm³/mol. The van der Waals surface area contributed by atoms with Gasteiger partial charge in [0.25, 0.3) is 0 Å². The summed E-state index contributed by atoms with van der Waals surface area (Å²) in [7, 11) is 0. The quantitative estimate of drug-likeness (QED) is 0.897. The van der Waals surface area contributed by atoms with Crippen molar-refractivity contribution in [3.63, 3.8) is 0 Å². The third-order valence-corrected chi connectivity index (χ3v) is 4.65. The van der Waals surface area contributed by atoms with Crippen molar-refractivity contribution in [3.05, 3.63) is 35.4 Å². The van der Waals surface area contributed by atoms with Gasteiger partial charge in [-0.05, 0) is 62.2 Å². The van der Waals surface area contributed by atoms with E-state index in [1.165, 1.54) is 24.0 Å². The Morgan fingerprint density at radius 3 is 2.38 bits per heavy atom. The molecule has 4 heteroatoms. The van der Waals surface area contributed by atoms with Gasteiger partial charge in [-0.25, -0.2) is 0 Å². The number of hydrogen-bond donors (Lipinski definition) is 2.